The number of rotatable bonds is 5. The van der Waals surface area contributed by atoms with E-state index in [0.29, 0.717) is 17.5 Å². The van der Waals surface area contributed by atoms with Crippen LogP contribution >= 0.6 is 11.6 Å². The summed E-state index contributed by atoms with van der Waals surface area (Å²) in [4.78, 5) is 30.7. The molecule has 0 amide bonds. The lowest BCUT2D eigenvalue weighted by Gasteiger charge is -2.07. The minimum Gasteiger partial charge on any atom is -0.299 e. The van der Waals surface area contributed by atoms with Crippen LogP contribution in [0.5, 0.6) is 0 Å². The smallest absolute Gasteiger partial charge is 0.299 e. The molecule has 9 heteroatoms. The molecule has 0 aliphatic carbocycles. The lowest BCUT2D eigenvalue weighted by atomic mass is 10.2. The maximum Gasteiger partial charge on any atom is 0.329 e. The normalized spacial score (nSPS) is 11.3. The third-order valence-corrected chi connectivity index (χ3v) is 3.94. The Morgan fingerprint density at radius 2 is 2.08 bits per heavy atom. The minimum atomic E-state index is -0.529. The van der Waals surface area contributed by atoms with Gasteiger partial charge >= 0.3 is 5.69 Å². The van der Waals surface area contributed by atoms with Gasteiger partial charge in [0, 0.05) is 18.6 Å². The number of allylic oxidation sites excluding steroid dienone is 1. The van der Waals surface area contributed by atoms with Crippen molar-refractivity contribution in [1.82, 2.24) is 19.1 Å². The molecule has 0 aliphatic rings. The Morgan fingerprint density at radius 3 is 2.73 bits per heavy atom. The average molecular weight is 373 g/mol. The molecule has 8 nitrogen and oxygen atoms in total. The van der Waals surface area contributed by atoms with E-state index in [4.69, 9.17) is 11.6 Å². The first kappa shape index (κ1) is 17.7. The Labute approximate surface area is 153 Å². The van der Waals surface area contributed by atoms with Gasteiger partial charge in [0.1, 0.15) is 0 Å². The predicted molar refractivity (Wildman–Crippen MR) is 103 cm³/mol. The van der Waals surface area contributed by atoms with Gasteiger partial charge in [-0.05, 0) is 24.6 Å². The standard InChI is InChI=1S/C17H17ClN6O2/c1-10(2)9-24-13-14(23(3)17(26)21-15(13)25)20-16(24)22-19-8-11-4-6-12(18)7-5-11/h4-8H,1,9H2,2-3H3,(H,20,22)(H,21,25,26). The third-order valence-electron chi connectivity index (χ3n) is 3.68. The van der Waals surface area contributed by atoms with Gasteiger partial charge in [0.2, 0.25) is 5.95 Å². The lowest BCUT2D eigenvalue weighted by Crippen LogP contribution is -2.29. The number of nitrogens with one attached hydrogen (secondary N) is 2. The highest BCUT2D eigenvalue weighted by Gasteiger charge is 2.17. The van der Waals surface area contributed by atoms with Gasteiger partial charge in [0.25, 0.3) is 5.56 Å². The number of aromatic amines is 1. The Morgan fingerprint density at radius 1 is 1.38 bits per heavy atom. The van der Waals surface area contributed by atoms with E-state index in [1.807, 2.05) is 19.1 Å². The van der Waals surface area contributed by atoms with E-state index >= 15 is 0 Å². The number of benzene rings is 1. The molecular formula is C17H17ClN6O2. The van der Waals surface area contributed by atoms with E-state index in [1.54, 1.807) is 30.0 Å². The molecule has 3 aromatic rings. The van der Waals surface area contributed by atoms with E-state index in [-0.39, 0.29) is 11.2 Å². The van der Waals surface area contributed by atoms with Crippen LogP contribution in [0.1, 0.15) is 12.5 Å². The van der Waals surface area contributed by atoms with Crippen molar-refractivity contribution in [2.45, 2.75) is 13.5 Å². The van der Waals surface area contributed by atoms with Gasteiger partial charge in [-0.25, -0.2) is 10.2 Å². The van der Waals surface area contributed by atoms with Crippen molar-refractivity contribution in [2.75, 3.05) is 5.43 Å². The van der Waals surface area contributed by atoms with Crippen LogP contribution in [0.15, 0.2) is 51.1 Å². The van der Waals surface area contributed by atoms with Crippen molar-refractivity contribution < 1.29 is 0 Å². The molecule has 0 spiro atoms. The molecular weight excluding hydrogens is 356 g/mol. The van der Waals surface area contributed by atoms with Gasteiger partial charge in [-0.2, -0.15) is 10.1 Å². The number of aromatic nitrogens is 4. The molecule has 0 aliphatic heterocycles. The summed E-state index contributed by atoms with van der Waals surface area (Å²) in [5.74, 6) is 0.333. The molecule has 0 atom stereocenters. The van der Waals surface area contributed by atoms with Crippen LogP contribution < -0.4 is 16.7 Å². The first-order chi connectivity index (χ1) is 12.4. The van der Waals surface area contributed by atoms with E-state index in [0.717, 1.165) is 11.1 Å². The highest BCUT2D eigenvalue weighted by molar-refractivity contribution is 6.30. The van der Waals surface area contributed by atoms with Gasteiger partial charge in [-0.1, -0.05) is 35.9 Å². The van der Waals surface area contributed by atoms with Crippen LogP contribution in [0, 0.1) is 0 Å². The zero-order valence-electron chi connectivity index (χ0n) is 14.3. The van der Waals surface area contributed by atoms with Crippen molar-refractivity contribution in [3.05, 3.63) is 67.8 Å². The van der Waals surface area contributed by atoms with Crippen LogP contribution in [0.3, 0.4) is 0 Å². The van der Waals surface area contributed by atoms with Crippen molar-refractivity contribution in [3.8, 4) is 0 Å². The predicted octanol–water partition coefficient (Wildman–Crippen LogP) is 2.10. The summed E-state index contributed by atoms with van der Waals surface area (Å²) in [5.41, 5.74) is 4.00. The quantitative estimate of drug-likeness (QED) is 0.407. The van der Waals surface area contributed by atoms with Crippen molar-refractivity contribution in [3.63, 3.8) is 0 Å². The Balaban J connectivity index is 2.04. The first-order valence-corrected chi connectivity index (χ1v) is 8.13. The molecule has 2 heterocycles. The monoisotopic (exact) mass is 372 g/mol. The fraction of sp³-hybridized carbons (Fsp3) is 0.176. The van der Waals surface area contributed by atoms with Crippen LogP contribution in [0.4, 0.5) is 5.95 Å². The Kier molecular flexibility index (Phi) is 4.77. The SMILES string of the molecule is C=C(C)Cn1c(NN=Cc2ccc(Cl)cc2)nc2c1c(=O)[nH]c(=O)n2C. The number of anilines is 1. The lowest BCUT2D eigenvalue weighted by molar-refractivity contribution is 0.800. The molecule has 134 valence electrons. The van der Waals surface area contributed by atoms with Gasteiger partial charge in [-0.15, -0.1) is 0 Å². The third kappa shape index (κ3) is 3.45. The first-order valence-electron chi connectivity index (χ1n) is 7.75. The number of halogens is 1. The highest BCUT2D eigenvalue weighted by atomic mass is 35.5. The number of imidazole rings is 1. The zero-order chi connectivity index (χ0) is 18.8. The van der Waals surface area contributed by atoms with Gasteiger partial charge in [0.05, 0.1) is 6.21 Å². The summed E-state index contributed by atoms with van der Waals surface area (Å²) in [7, 11) is 1.54. The maximum absolute atomic E-state index is 12.3. The molecule has 26 heavy (non-hydrogen) atoms. The average Bonchev–Trinajstić information content (AvgIpc) is 2.93. The number of H-pyrrole nitrogens is 1. The summed E-state index contributed by atoms with van der Waals surface area (Å²) in [5, 5.41) is 4.79. The van der Waals surface area contributed by atoms with Gasteiger partial charge in [-0.3, -0.25) is 18.9 Å². The number of fused-ring (bicyclic) bond motifs is 1. The minimum absolute atomic E-state index is 0.268. The van der Waals surface area contributed by atoms with Crippen LogP contribution in [0.2, 0.25) is 5.02 Å². The number of aryl methyl sites for hydroxylation is 1. The summed E-state index contributed by atoms with van der Waals surface area (Å²) in [6, 6.07) is 7.15. The van der Waals surface area contributed by atoms with Crippen LogP contribution in [-0.2, 0) is 13.6 Å². The van der Waals surface area contributed by atoms with E-state index in [1.165, 1.54) is 4.57 Å². The molecule has 0 radical (unpaired) electrons. The molecule has 0 fully saturated rings. The molecule has 0 unspecified atom stereocenters. The molecule has 0 bridgehead atoms. The number of nitrogens with zero attached hydrogens (tertiary/aromatic N) is 4. The molecule has 1 aromatic carbocycles. The van der Waals surface area contributed by atoms with Crippen LogP contribution in [0.25, 0.3) is 11.2 Å². The summed E-state index contributed by atoms with van der Waals surface area (Å²) in [6.07, 6.45) is 1.60. The second-order valence-corrected chi connectivity index (χ2v) is 6.33. The summed E-state index contributed by atoms with van der Waals surface area (Å²) in [6.45, 7) is 6.07. The highest BCUT2D eigenvalue weighted by Crippen LogP contribution is 2.17. The Hall–Kier alpha value is -3.13. The second kappa shape index (κ2) is 7.01. The topological polar surface area (TPSA) is 97.1 Å². The largest absolute Gasteiger partial charge is 0.329 e. The molecule has 2 aromatic heterocycles. The second-order valence-electron chi connectivity index (χ2n) is 5.89. The number of hydrazone groups is 1. The van der Waals surface area contributed by atoms with Gasteiger partial charge < -0.3 is 0 Å². The van der Waals surface area contributed by atoms with E-state index in [9.17, 15) is 9.59 Å². The van der Waals surface area contributed by atoms with Crippen molar-refractivity contribution >= 4 is 34.9 Å². The molecule has 0 saturated carbocycles. The molecule has 2 N–H and O–H groups in total. The fourth-order valence-corrected chi connectivity index (χ4v) is 2.58. The van der Waals surface area contributed by atoms with Crippen LogP contribution in [-0.4, -0.2) is 25.3 Å². The maximum atomic E-state index is 12.3. The van der Waals surface area contributed by atoms with Crippen molar-refractivity contribution in [1.29, 1.82) is 0 Å². The summed E-state index contributed by atoms with van der Waals surface area (Å²) < 4.78 is 2.91. The number of hydrogen-bond acceptors (Lipinski definition) is 5. The van der Waals surface area contributed by atoms with E-state index in [2.05, 4.69) is 27.1 Å². The zero-order valence-corrected chi connectivity index (χ0v) is 15.0. The summed E-state index contributed by atoms with van der Waals surface area (Å²) >= 11 is 5.86. The van der Waals surface area contributed by atoms with E-state index < -0.39 is 11.2 Å². The Bertz CT molecular complexity index is 1120. The molecule has 0 saturated heterocycles. The number of hydrogen-bond donors (Lipinski definition) is 2. The molecule has 3 rings (SSSR count). The van der Waals surface area contributed by atoms with Crippen molar-refractivity contribution in [2.24, 2.45) is 12.1 Å². The van der Waals surface area contributed by atoms with Gasteiger partial charge in [0.15, 0.2) is 11.2 Å². The fourth-order valence-electron chi connectivity index (χ4n) is 2.46.